The third-order valence-electron chi connectivity index (χ3n) is 4.17. The van der Waals surface area contributed by atoms with Crippen LogP contribution in [0, 0.1) is 2.88 Å². The molecule has 3 N–H and O–H groups in total. The van der Waals surface area contributed by atoms with E-state index in [1.807, 2.05) is 6.07 Å². The quantitative estimate of drug-likeness (QED) is 0.237. The number of hydrogen-bond acceptors (Lipinski definition) is 7. The van der Waals surface area contributed by atoms with Gasteiger partial charge < -0.3 is 10.6 Å². The Labute approximate surface area is 201 Å². The number of alkyl halides is 3. The van der Waals surface area contributed by atoms with Crippen molar-refractivity contribution in [2.24, 2.45) is 0 Å². The van der Waals surface area contributed by atoms with Crippen LogP contribution in [0.4, 0.5) is 34.6 Å². The van der Waals surface area contributed by atoms with Crippen LogP contribution < -0.4 is 16.0 Å². The van der Waals surface area contributed by atoms with Crippen LogP contribution in [0.1, 0.15) is 10.4 Å². The highest BCUT2D eigenvalue weighted by Crippen LogP contribution is 2.31. The Hall–Kier alpha value is -2.52. The second-order valence-electron chi connectivity index (χ2n) is 6.45. The van der Waals surface area contributed by atoms with Crippen molar-refractivity contribution in [1.29, 1.82) is 0 Å². The molecule has 4 aromatic rings. The van der Waals surface area contributed by atoms with Gasteiger partial charge in [-0.05, 0) is 46.9 Å². The molecule has 0 bridgehead atoms. The minimum absolute atomic E-state index is 0.0395. The maximum Gasteiger partial charge on any atom is 0.416 e. The van der Waals surface area contributed by atoms with E-state index in [4.69, 9.17) is 0 Å². The van der Waals surface area contributed by atoms with Crippen molar-refractivity contribution in [3.8, 4) is 0 Å². The van der Waals surface area contributed by atoms with E-state index in [0.29, 0.717) is 18.1 Å². The number of carbonyl (C=O) groups is 1. The SMILES string of the molecule is O=C(Nc1cccc(C(F)(F)F)c1)Nc1ncc(CCNc2ncnc3cc(I)sc23)s1. The van der Waals surface area contributed by atoms with Gasteiger partial charge >= 0.3 is 12.2 Å². The van der Waals surface area contributed by atoms with Gasteiger partial charge in [0.15, 0.2) is 5.13 Å². The topological polar surface area (TPSA) is 91.8 Å². The lowest BCUT2D eigenvalue weighted by molar-refractivity contribution is -0.137. The summed E-state index contributed by atoms with van der Waals surface area (Å²) in [6, 6.07) is 5.76. The number of halogens is 4. The van der Waals surface area contributed by atoms with Crippen LogP contribution in [-0.4, -0.2) is 27.5 Å². The summed E-state index contributed by atoms with van der Waals surface area (Å²) in [6.07, 6.45) is -0.657. The van der Waals surface area contributed by atoms with Gasteiger partial charge in [0.05, 0.1) is 18.7 Å². The summed E-state index contributed by atoms with van der Waals surface area (Å²) in [4.78, 5) is 25.7. The van der Waals surface area contributed by atoms with Gasteiger partial charge in [-0.2, -0.15) is 13.2 Å². The largest absolute Gasteiger partial charge is 0.416 e. The van der Waals surface area contributed by atoms with Crippen molar-refractivity contribution >= 4 is 78.1 Å². The minimum atomic E-state index is -4.48. The van der Waals surface area contributed by atoms with E-state index in [9.17, 15) is 18.0 Å². The molecule has 0 fully saturated rings. The molecule has 0 aliphatic carbocycles. The average molecular weight is 590 g/mol. The first kappa shape index (κ1) is 22.7. The molecular formula is C19H14F3IN6OS2. The predicted molar refractivity (Wildman–Crippen MR) is 129 cm³/mol. The smallest absolute Gasteiger partial charge is 0.368 e. The van der Waals surface area contributed by atoms with Crippen molar-refractivity contribution in [2.75, 3.05) is 22.5 Å². The number of benzene rings is 1. The molecule has 0 unspecified atom stereocenters. The second-order valence-corrected chi connectivity index (χ2v) is 10.5. The Kier molecular flexibility index (Phi) is 6.76. The van der Waals surface area contributed by atoms with Crippen LogP contribution in [0.25, 0.3) is 10.2 Å². The molecule has 3 aromatic heterocycles. The van der Waals surface area contributed by atoms with Gasteiger partial charge in [0.1, 0.15) is 12.1 Å². The Morgan fingerprint density at radius 2 is 1.94 bits per heavy atom. The first-order chi connectivity index (χ1) is 15.3. The van der Waals surface area contributed by atoms with E-state index in [1.165, 1.54) is 29.8 Å². The first-order valence-corrected chi connectivity index (χ1v) is 11.8. The Morgan fingerprint density at radius 3 is 2.75 bits per heavy atom. The molecule has 166 valence electrons. The van der Waals surface area contributed by atoms with Gasteiger partial charge in [-0.3, -0.25) is 5.32 Å². The van der Waals surface area contributed by atoms with Crippen LogP contribution in [0.3, 0.4) is 0 Å². The van der Waals surface area contributed by atoms with Crippen LogP contribution in [0.15, 0.2) is 42.9 Å². The molecule has 32 heavy (non-hydrogen) atoms. The number of thiophene rings is 1. The number of thiazole rings is 1. The van der Waals surface area contributed by atoms with E-state index < -0.39 is 17.8 Å². The van der Waals surface area contributed by atoms with Gasteiger partial charge in [-0.1, -0.05) is 6.07 Å². The van der Waals surface area contributed by atoms with Crippen molar-refractivity contribution in [1.82, 2.24) is 15.0 Å². The third kappa shape index (κ3) is 5.63. The number of aromatic nitrogens is 3. The zero-order valence-corrected chi connectivity index (χ0v) is 19.8. The van der Waals surface area contributed by atoms with E-state index >= 15 is 0 Å². The molecule has 0 aliphatic heterocycles. The van der Waals surface area contributed by atoms with Crippen molar-refractivity contribution < 1.29 is 18.0 Å². The predicted octanol–water partition coefficient (Wildman–Crippen LogP) is 6.07. The summed E-state index contributed by atoms with van der Waals surface area (Å²) >= 11 is 5.15. The lowest BCUT2D eigenvalue weighted by Crippen LogP contribution is -2.19. The summed E-state index contributed by atoms with van der Waals surface area (Å²) in [6.45, 7) is 0.610. The minimum Gasteiger partial charge on any atom is -0.368 e. The first-order valence-electron chi connectivity index (χ1n) is 9.12. The fourth-order valence-electron chi connectivity index (χ4n) is 2.77. The van der Waals surface area contributed by atoms with E-state index in [2.05, 4.69) is 53.5 Å². The molecular weight excluding hydrogens is 576 g/mol. The van der Waals surface area contributed by atoms with Crippen LogP contribution in [0.5, 0.6) is 0 Å². The van der Waals surface area contributed by atoms with Crippen molar-refractivity contribution in [2.45, 2.75) is 12.6 Å². The highest BCUT2D eigenvalue weighted by Gasteiger charge is 2.30. The lowest BCUT2D eigenvalue weighted by Gasteiger charge is -2.09. The normalized spacial score (nSPS) is 11.5. The highest BCUT2D eigenvalue weighted by atomic mass is 127. The second kappa shape index (κ2) is 9.54. The average Bonchev–Trinajstić information content (AvgIpc) is 3.33. The monoisotopic (exact) mass is 590 g/mol. The summed E-state index contributed by atoms with van der Waals surface area (Å²) in [5.74, 6) is 0.770. The Morgan fingerprint density at radius 1 is 1.09 bits per heavy atom. The van der Waals surface area contributed by atoms with Crippen molar-refractivity contribution in [3.05, 3.63) is 56.2 Å². The maximum atomic E-state index is 12.8. The lowest BCUT2D eigenvalue weighted by atomic mass is 10.2. The molecule has 0 saturated carbocycles. The number of amides is 2. The molecule has 13 heteroatoms. The fourth-order valence-corrected chi connectivity index (χ4v) is 5.33. The number of nitrogens with one attached hydrogen (secondary N) is 3. The summed E-state index contributed by atoms with van der Waals surface area (Å²) in [7, 11) is 0. The number of carbonyl (C=O) groups excluding carboxylic acids is 1. The highest BCUT2D eigenvalue weighted by molar-refractivity contribution is 14.1. The van der Waals surface area contributed by atoms with Crippen LogP contribution >= 0.6 is 45.3 Å². The number of nitrogens with zero attached hydrogens (tertiary/aromatic N) is 3. The Bertz CT molecular complexity index is 1260. The third-order valence-corrected chi connectivity index (χ3v) is 7.03. The molecule has 2 amide bonds. The molecule has 3 heterocycles. The molecule has 0 spiro atoms. The van der Waals surface area contributed by atoms with Gasteiger partial charge in [-0.15, -0.1) is 22.7 Å². The zero-order valence-electron chi connectivity index (χ0n) is 16.0. The molecule has 0 saturated heterocycles. The molecule has 1 aromatic carbocycles. The number of hydrogen-bond donors (Lipinski definition) is 3. The molecule has 0 radical (unpaired) electrons. The standard InChI is InChI=1S/C19H14F3IN6OS2/c20-19(21,22)10-2-1-3-11(6-10)28-17(30)29-18-25-8-12(31-18)4-5-24-16-15-13(26-9-27-16)7-14(23)32-15/h1-3,6-9H,4-5H2,(H,24,26,27)(H2,25,28,29,30). The van der Waals surface area contributed by atoms with E-state index in [0.717, 1.165) is 35.9 Å². The number of fused-ring (bicyclic) bond motifs is 1. The van der Waals surface area contributed by atoms with Crippen molar-refractivity contribution in [3.63, 3.8) is 0 Å². The van der Waals surface area contributed by atoms with Crippen LogP contribution in [-0.2, 0) is 12.6 Å². The molecule has 0 atom stereocenters. The van der Waals surface area contributed by atoms with E-state index in [1.54, 1.807) is 17.5 Å². The number of urea groups is 1. The summed E-state index contributed by atoms with van der Waals surface area (Å²) in [5.41, 5.74) is 0.100. The van der Waals surface area contributed by atoms with E-state index in [-0.39, 0.29) is 5.69 Å². The molecule has 4 rings (SSSR count). The van der Waals surface area contributed by atoms with Crippen LogP contribution in [0.2, 0.25) is 0 Å². The molecule has 7 nitrogen and oxygen atoms in total. The fraction of sp³-hybridized carbons (Fsp3) is 0.158. The maximum absolute atomic E-state index is 12.8. The van der Waals surface area contributed by atoms with Gasteiger partial charge in [0.2, 0.25) is 0 Å². The zero-order chi connectivity index (χ0) is 22.7. The summed E-state index contributed by atoms with van der Waals surface area (Å²) < 4.78 is 40.5. The van der Waals surface area contributed by atoms with Gasteiger partial charge in [0.25, 0.3) is 0 Å². The van der Waals surface area contributed by atoms with Gasteiger partial charge in [-0.25, -0.2) is 19.7 Å². The number of rotatable bonds is 6. The summed E-state index contributed by atoms with van der Waals surface area (Å²) in [5, 5.41) is 8.57. The number of anilines is 3. The Balaban J connectivity index is 1.30. The molecule has 0 aliphatic rings. The van der Waals surface area contributed by atoms with Gasteiger partial charge in [0, 0.05) is 29.7 Å².